The molecule has 0 saturated carbocycles. The molecule has 4 rings (SSSR count). The van der Waals surface area contributed by atoms with E-state index in [0.29, 0.717) is 24.4 Å². The number of aromatic nitrogens is 4. The average molecular weight is 513 g/mol. The maximum atomic E-state index is 13.5. The number of carbonyl (C=O) groups excluding carboxylic acids is 1. The highest BCUT2D eigenvalue weighted by Crippen LogP contribution is 2.32. The minimum atomic E-state index is -0.131. The molecule has 1 aromatic heterocycles. The predicted molar refractivity (Wildman–Crippen MR) is 149 cm³/mol. The number of aliphatic hydroxyl groups is 1. The molecule has 0 bridgehead atoms. The number of aromatic amines is 1. The van der Waals surface area contributed by atoms with Gasteiger partial charge in [-0.1, -0.05) is 67.9 Å². The van der Waals surface area contributed by atoms with Gasteiger partial charge in [0, 0.05) is 36.8 Å². The van der Waals surface area contributed by atoms with Crippen molar-refractivity contribution in [3.05, 3.63) is 89.5 Å². The summed E-state index contributed by atoms with van der Waals surface area (Å²) in [6, 6.07) is 23.7. The van der Waals surface area contributed by atoms with Crippen LogP contribution < -0.4 is 5.32 Å². The van der Waals surface area contributed by atoms with E-state index >= 15 is 0 Å². The molecule has 8 heteroatoms. The number of aliphatic hydroxyl groups excluding tert-OH is 1. The number of nitrogens with zero attached hydrogens (tertiary/aromatic N) is 4. The van der Waals surface area contributed by atoms with E-state index < -0.39 is 0 Å². The van der Waals surface area contributed by atoms with Crippen LogP contribution in [0.25, 0.3) is 22.5 Å². The van der Waals surface area contributed by atoms with Crippen LogP contribution in [0.1, 0.15) is 54.2 Å². The van der Waals surface area contributed by atoms with Crippen LogP contribution in [0.5, 0.6) is 0 Å². The summed E-state index contributed by atoms with van der Waals surface area (Å²) >= 11 is 0. The van der Waals surface area contributed by atoms with Crippen molar-refractivity contribution in [1.29, 1.82) is 0 Å². The molecule has 0 radical (unpaired) electrons. The molecule has 38 heavy (non-hydrogen) atoms. The average Bonchev–Trinajstić information content (AvgIpc) is 3.50. The van der Waals surface area contributed by atoms with Gasteiger partial charge in [-0.2, -0.15) is 5.21 Å². The Kier molecular flexibility index (Phi) is 9.35. The van der Waals surface area contributed by atoms with E-state index in [1.54, 1.807) is 4.90 Å². The smallest absolute Gasteiger partial charge is 0.253 e. The summed E-state index contributed by atoms with van der Waals surface area (Å²) in [7, 11) is 1.85. The molecular formula is C30H36N6O2. The first-order chi connectivity index (χ1) is 18.5. The van der Waals surface area contributed by atoms with Gasteiger partial charge < -0.3 is 15.3 Å². The van der Waals surface area contributed by atoms with Crippen molar-refractivity contribution in [2.75, 3.05) is 20.2 Å². The molecule has 0 fully saturated rings. The van der Waals surface area contributed by atoms with Crippen molar-refractivity contribution in [3.8, 4) is 22.5 Å². The normalized spacial score (nSPS) is 12.7. The number of hydrogen-bond donors (Lipinski definition) is 3. The standard InChI is InChI=1S/C30H36N6O2/c1-4-5-15-36(3)30(38)25-18-23(21(2)31-26(20-37)16-22-11-7-6-8-12-22)17-24(19-25)27-13-9-10-14-28(27)29-32-34-35-33-29/h6-14,17-19,21,26,31,37H,4-5,15-16,20H2,1-3H3,(H,32,33,34,35)/t21?,26-/m0/s1. The van der Waals surface area contributed by atoms with Gasteiger partial charge in [-0.25, -0.2) is 0 Å². The van der Waals surface area contributed by atoms with Crippen molar-refractivity contribution < 1.29 is 9.90 Å². The molecule has 0 saturated heterocycles. The highest BCUT2D eigenvalue weighted by Gasteiger charge is 2.20. The van der Waals surface area contributed by atoms with Crippen molar-refractivity contribution in [3.63, 3.8) is 0 Å². The molecule has 4 aromatic rings. The molecule has 3 N–H and O–H groups in total. The van der Waals surface area contributed by atoms with E-state index in [1.165, 1.54) is 0 Å². The number of benzene rings is 3. The Morgan fingerprint density at radius 1 is 1.05 bits per heavy atom. The fourth-order valence-electron chi connectivity index (χ4n) is 4.63. The number of unbranched alkanes of at least 4 members (excludes halogenated alkanes) is 1. The molecule has 3 aromatic carbocycles. The third-order valence-corrected chi connectivity index (χ3v) is 6.75. The zero-order valence-electron chi connectivity index (χ0n) is 22.3. The van der Waals surface area contributed by atoms with Crippen molar-refractivity contribution in [2.24, 2.45) is 0 Å². The summed E-state index contributed by atoms with van der Waals surface area (Å²) in [5.41, 5.74) is 5.38. The van der Waals surface area contributed by atoms with Gasteiger partial charge in [0.2, 0.25) is 5.82 Å². The summed E-state index contributed by atoms with van der Waals surface area (Å²) in [5, 5.41) is 28.3. The number of tetrazole rings is 1. The van der Waals surface area contributed by atoms with Gasteiger partial charge >= 0.3 is 0 Å². The van der Waals surface area contributed by atoms with E-state index in [2.05, 4.69) is 58.0 Å². The Hall–Kier alpha value is -3.88. The lowest BCUT2D eigenvalue weighted by Crippen LogP contribution is -2.36. The lowest BCUT2D eigenvalue weighted by atomic mass is 9.93. The molecule has 0 aliphatic carbocycles. The minimum Gasteiger partial charge on any atom is -0.395 e. The molecule has 1 amide bonds. The molecular weight excluding hydrogens is 476 g/mol. The maximum absolute atomic E-state index is 13.5. The van der Waals surface area contributed by atoms with Crippen LogP contribution >= 0.6 is 0 Å². The fraction of sp³-hybridized carbons (Fsp3) is 0.333. The van der Waals surface area contributed by atoms with Crippen LogP contribution in [0.2, 0.25) is 0 Å². The van der Waals surface area contributed by atoms with Gasteiger partial charge in [-0.05, 0) is 65.4 Å². The van der Waals surface area contributed by atoms with E-state index in [4.69, 9.17) is 0 Å². The van der Waals surface area contributed by atoms with Crippen molar-refractivity contribution >= 4 is 5.91 Å². The van der Waals surface area contributed by atoms with Crippen LogP contribution in [0, 0.1) is 0 Å². The van der Waals surface area contributed by atoms with Gasteiger partial charge in [0.1, 0.15) is 0 Å². The summed E-state index contributed by atoms with van der Waals surface area (Å²) < 4.78 is 0. The third kappa shape index (κ3) is 6.70. The number of hydrogen-bond acceptors (Lipinski definition) is 6. The molecule has 8 nitrogen and oxygen atoms in total. The van der Waals surface area contributed by atoms with E-state index in [0.717, 1.165) is 40.7 Å². The maximum Gasteiger partial charge on any atom is 0.253 e. The zero-order chi connectivity index (χ0) is 26.9. The number of nitrogens with one attached hydrogen (secondary N) is 2. The Labute approximate surface area is 224 Å². The van der Waals surface area contributed by atoms with Gasteiger partial charge in [0.25, 0.3) is 5.91 Å². The summed E-state index contributed by atoms with van der Waals surface area (Å²) in [6.07, 6.45) is 2.67. The van der Waals surface area contributed by atoms with E-state index in [-0.39, 0.29) is 24.6 Å². The van der Waals surface area contributed by atoms with Crippen LogP contribution in [0.4, 0.5) is 0 Å². The molecule has 2 atom stereocenters. The second-order valence-corrected chi connectivity index (χ2v) is 9.66. The molecule has 1 unspecified atom stereocenters. The van der Waals surface area contributed by atoms with Crippen molar-refractivity contribution in [1.82, 2.24) is 30.8 Å². The topological polar surface area (TPSA) is 107 Å². The Bertz CT molecular complexity index is 1310. The molecule has 1 heterocycles. The summed E-state index contributed by atoms with van der Waals surface area (Å²) in [6.45, 7) is 4.89. The molecule has 0 spiro atoms. The Morgan fingerprint density at radius 2 is 1.79 bits per heavy atom. The quantitative estimate of drug-likeness (QED) is 0.255. The highest BCUT2D eigenvalue weighted by atomic mass is 16.3. The number of amides is 1. The second-order valence-electron chi connectivity index (χ2n) is 9.66. The summed E-state index contributed by atoms with van der Waals surface area (Å²) in [4.78, 5) is 15.2. The van der Waals surface area contributed by atoms with Gasteiger partial charge in [-0.15, -0.1) is 10.2 Å². The fourth-order valence-corrected chi connectivity index (χ4v) is 4.63. The van der Waals surface area contributed by atoms with Crippen LogP contribution in [0.15, 0.2) is 72.8 Å². The Balaban J connectivity index is 1.70. The minimum absolute atomic E-state index is 0.00509. The number of H-pyrrole nitrogens is 1. The lowest BCUT2D eigenvalue weighted by Gasteiger charge is -2.24. The van der Waals surface area contributed by atoms with Crippen LogP contribution in [-0.2, 0) is 6.42 Å². The van der Waals surface area contributed by atoms with E-state index in [1.807, 2.05) is 61.6 Å². The predicted octanol–water partition coefficient (Wildman–Crippen LogP) is 4.66. The first-order valence-electron chi connectivity index (χ1n) is 13.1. The van der Waals surface area contributed by atoms with Gasteiger partial charge in [0.05, 0.1) is 6.61 Å². The van der Waals surface area contributed by atoms with E-state index in [9.17, 15) is 9.90 Å². The van der Waals surface area contributed by atoms with Crippen LogP contribution in [-0.4, -0.2) is 62.8 Å². The Morgan fingerprint density at radius 3 is 2.47 bits per heavy atom. The summed E-state index contributed by atoms with van der Waals surface area (Å²) in [5.74, 6) is 0.474. The third-order valence-electron chi connectivity index (χ3n) is 6.75. The SMILES string of the molecule is CCCCN(C)C(=O)c1cc(-c2ccccc2-c2nn[nH]n2)cc(C(C)N[C@H](CO)Cc2ccccc2)c1. The largest absolute Gasteiger partial charge is 0.395 e. The van der Waals surface area contributed by atoms with Gasteiger partial charge in [0.15, 0.2) is 0 Å². The first-order valence-corrected chi connectivity index (χ1v) is 13.1. The monoisotopic (exact) mass is 512 g/mol. The zero-order valence-corrected chi connectivity index (χ0v) is 22.3. The molecule has 0 aliphatic heterocycles. The van der Waals surface area contributed by atoms with Crippen LogP contribution in [0.3, 0.4) is 0 Å². The second kappa shape index (κ2) is 13.1. The van der Waals surface area contributed by atoms with Crippen molar-refractivity contribution in [2.45, 2.75) is 45.2 Å². The number of rotatable bonds is 12. The highest BCUT2D eigenvalue weighted by molar-refractivity contribution is 5.96. The first kappa shape index (κ1) is 27.2. The molecule has 198 valence electrons. The lowest BCUT2D eigenvalue weighted by molar-refractivity contribution is 0.0793. The molecule has 0 aliphatic rings. The van der Waals surface area contributed by atoms with Gasteiger partial charge in [-0.3, -0.25) is 4.79 Å². The number of carbonyl (C=O) groups is 1.